The van der Waals surface area contributed by atoms with Crippen LogP contribution in [0.15, 0.2) is 0 Å². The molecule has 20 heavy (non-hydrogen) atoms. The fourth-order valence-corrected chi connectivity index (χ4v) is 4.26. The average molecular weight is 280 g/mol. The van der Waals surface area contributed by atoms with Gasteiger partial charge in [0.15, 0.2) is 0 Å². The van der Waals surface area contributed by atoms with Crippen molar-refractivity contribution in [3.8, 4) is 0 Å². The van der Waals surface area contributed by atoms with Gasteiger partial charge in [0, 0.05) is 25.2 Å². The maximum atomic E-state index is 3.73. The van der Waals surface area contributed by atoms with Gasteiger partial charge in [-0.25, -0.2) is 0 Å². The lowest BCUT2D eigenvalue weighted by Crippen LogP contribution is -2.58. The Kier molecular flexibility index (Phi) is 6.35. The Balaban J connectivity index is 1.83. The minimum absolute atomic E-state index is 0.718. The third kappa shape index (κ3) is 4.46. The molecule has 2 rings (SSSR count). The van der Waals surface area contributed by atoms with Crippen LogP contribution in [-0.4, -0.2) is 36.6 Å². The van der Waals surface area contributed by atoms with Gasteiger partial charge in [0.05, 0.1) is 0 Å². The third-order valence-electron chi connectivity index (χ3n) is 5.67. The zero-order valence-electron chi connectivity index (χ0n) is 14.2. The van der Waals surface area contributed by atoms with Gasteiger partial charge in [0.1, 0.15) is 0 Å². The van der Waals surface area contributed by atoms with E-state index in [9.17, 15) is 0 Å². The van der Waals surface area contributed by atoms with Gasteiger partial charge in [-0.15, -0.1) is 0 Å². The first kappa shape index (κ1) is 16.3. The molecule has 1 aliphatic carbocycles. The lowest BCUT2D eigenvalue weighted by atomic mass is 9.80. The van der Waals surface area contributed by atoms with Crippen molar-refractivity contribution >= 4 is 0 Å². The standard InChI is InChI=1S/C18H36N2/c1-5-17-13-20(18(12-19-17)14(2)3)10-9-16-8-6-7-15(4)11-16/h14-19H,5-13H2,1-4H3. The second-order valence-corrected chi connectivity index (χ2v) is 7.75. The van der Waals surface area contributed by atoms with E-state index in [2.05, 4.69) is 37.9 Å². The first-order chi connectivity index (χ1) is 9.60. The summed E-state index contributed by atoms with van der Waals surface area (Å²) in [6, 6.07) is 1.47. The summed E-state index contributed by atoms with van der Waals surface area (Å²) in [5.74, 6) is 2.74. The molecule has 118 valence electrons. The molecule has 0 aromatic rings. The SMILES string of the molecule is CCC1CN(CCC2CCCC(C)C2)C(C(C)C)CN1. The Hall–Kier alpha value is -0.0800. The molecule has 1 aliphatic heterocycles. The van der Waals surface area contributed by atoms with Gasteiger partial charge in [-0.3, -0.25) is 4.90 Å². The van der Waals surface area contributed by atoms with E-state index >= 15 is 0 Å². The molecule has 2 aliphatic rings. The van der Waals surface area contributed by atoms with Gasteiger partial charge < -0.3 is 5.32 Å². The van der Waals surface area contributed by atoms with E-state index in [1.165, 1.54) is 58.2 Å². The second kappa shape index (κ2) is 7.79. The van der Waals surface area contributed by atoms with Crippen molar-refractivity contribution in [2.24, 2.45) is 17.8 Å². The summed E-state index contributed by atoms with van der Waals surface area (Å²) < 4.78 is 0. The van der Waals surface area contributed by atoms with Crippen LogP contribution in [0, 0.1) is 17.8 Å². The first-order valence-electron chi connectivity index (χ1n) is 9.07. The molecule has 1 heterocycles. The highest BCUT2D eigenvalue weighted by molar-refractivity contribution is 4.87. The molecular formula is C18H36N2. The van der Waals surface area contributed by atoms with E-state index in [0.717, 1.165) is 29.8 Å². The van der Waals surface area contributed by atoms with Gasteiger partial charge >= 0.3 is 0 Å². The molecule has 0 amide bonds. The summed E-state index contributed by atoms with van der Waals surface area (Å²) in [6.45, 7) is 13.3. The summed E-state index contributed by atoms with van der Waals surface area (Å²) in [5, 5.41) is 3.73. The zero-order valence-corrected chi connectivity index (χ0v) is 14.2. The van der Waals surface area contributed by atoms with Crippen molar-refractivity contribution in [1.29, 1.82) is 0 Å². The molecule has 2 heteroatoms. The van der Waals surface area contributed by atoms with Crippen LogP contribution in [0.4, 0.5) is 0 Å². The summed E-state index contributed by atoms with van der Waals surface area (Å²) in [5.41, 5.74) is 0. The van der Waals surface area contributed by atoms with Crippen LogP contribution < -0.4 is 5.32 Å². The highest BCUT2D eigenvalue weighted by Crippen LogP contribution is 2.31. The fourth-order valence-electron chi connectivity index (χ4n) is 4.26. The predicted octanol–water partition coefficient (Wildman–Crippen LogP) is 3.91. The van der Waals surface area contributed by atoms with Crippen LogP contribution in [-0.2, 0) is 0 Å². The van der Waals surface area contributed by atoms with Crippen molar-refractivity contribution in [3.05, 3.63) is 0 Å². The molecule has 4 unspecified atom stereocenters. The Morgan fingerprint density at radius 1 is 1.25 bits per heavy atom. The molecule has 0 aromatic carbocycles. The average Bonchev–Trinajstić information content (AvgIpc) is 2.44. The quantitative estimate of drug-likeness (QED) is 0.821. The molecule has 0 aromatic heterocycles. The predicted molar refractivity (Wildman–Crippen MR) is 88.0 cm³/mol. The van der Waals surface area contributed by atoms with E-state index in [-0.39, 0.29) is 0 Å². The van der Waals surface area contributed by atoms with Gasteiger partial charge in [-0.2, -0.15) is 0 Å². The molecule has 1 N–H and O–H groups in total. The van der Waals surface area contributed by atoms with Crippen LogP contribution in [0.3, 0.4) is 0 Å². The Labute approximate surface area is 126 Å². The van der Waals surface area contributed by atoms with E-state index in [1.54, 1.807) is 0 Å². The summed E-state index contributed by atoms with van der Waals surface area (Å²) in [6.07, 6.45) is 8.61. The Morgan fingerprint density at radius 2 is 2.05 bits per heavy atom. The van der Waals surface area contributed by atoms with Crippen LogP contribution >= 0.6 is 0 Å². The van der Waals surface area contributed by atoms with E-state index in [1.807, 2.05) is 0 Å². The molecule has 1 saturated carbocycles. The molecule has 1 saturated heterocycles. The van der Waals surface area contributed by atoms with E-state index in [4.69, 9.17) is 0 Å². The fraction of sp³-hybridized carbons (Fsp3) is 1.00. The van der Waals surface area contributed by atoms with E-state index in [0.29, 0.717) is 0 Å². The second-order valence-electron chi connectivity index (χ2n) is 7.75. The number of rotatable bonds is 5. The topological polar surface area (TPSA) is 15.3 Å². The van der Waals surface area contributed by atoms with Crippen molar-refractivity contribution in [2.45, 2.75) is 78.3 Å². The highest BCUT2D eigenvalue weighted by atomic mass is 15.2. The lowest BCUT2D eigenvalue weighted by molar-refractivity contribution is 0.0862. The van der Waals surface area contributed by atoms with Crippen LogP contribution in [0.2, 0.25) is 0 Å². The minimum Gasteiger partial charge on any atom is -0.311 e. The van der Waals surface area contributed by atoms with Gasteiger partial charge in [0.2, 0.25) is 0 Å². The first-order valence-corrected chi connectivity index (χ1v) is 9.07. The summed E-state index contributed by atoms with van der Waals surface area (Å²) >= 11 is 0. The number of nitrogens with one attached hydrogen (secondary N) is 1. The van der Waals surface area contributed by atoms with Crippen molar-refractivity contribution in [1.82, 2.24) is 10.2 Å². The number of hydrogen-bond acceptors (Lipinski definition) is 2. The van der Waals surface area contributed by atoms with E-state index < -0.39 is 0 Å². The Bertz CT molecular complexity index is 277. The molecular weight excluding hydrogens is 244 g/mol. The molecule has 4 atom stereocenters. The smallest absolute Gasteiger partial charge is 0.0244 e. The van der Waals surface area contributed by atoms with Crippen molar-refractivity contribution < 1.29 is 0 Å². The van der Waals surface area contributed by atoms with Gasteiger partial charge in [-0.1, -0.05) is 47.0 Å². The van der Waals surface area contributed by atoms with Crippen molar-refractivity contribution in [2.75, 3.05) is 19.6 Å². The summed E-state index contributed by atoms with van der Waals surface area (Å²) in [4.78, 5) is 2.80. The summed E-state index contributed by atoms with van der Waals surface area (Å²) in [7, 11) is 0. The van der Waals surface area contributed by atoms with Gasteiger partial charge in [-0.05, 0) is 43.6 Å². The van der Waals surface area contributed by atoms with Crippen LogP contribution in [0.5, 0.6) is 0 Å². The van der Waals surface area contributed by atoms with Crippen LogP contribution in [0.1, 0.15) is 66.2 Å². The number of nitrogens with zero attached hydrogens (tertiary/aromatic N) is 1. The van der Waals surface area contributed by atoms with Crippen LogP contribution in [0.25, 0.3) is 0 Å². The van der Waals surface area contributed by atoms with Gasteiger partial charge in [0.25, 0.3) is 0 Å². The zero-order chi connectivity index (χ0) is 14.5. The van der Waals surface area contributed by atoms with Crippen molar-refractivity contribution in [3.63, 3.8) is 0 Å². The lowest BCUT2D eigenvalue weighted by Gasteiger charge is -2.43. The third-order valence-corrected chi connectivity index (χ3v) is 5.67. The Morgan fingerprint density at radius 3 is 2.70 bits per heavy atom. The molecule has 0 radical (unpaired) electrons. The monoisotopic (exact) mass is 280 g/mol. The number of hydrogen-bond donors (Lipinski definition) is 1. The maximum absolute atomic E-state index is 3.73. The largest absolute Gasteiger partial charge is 0.311 e. The maximum Gasteiger partial charge on any atom is 0.0244 e. The molecule has 2 fully saturated rings. The minimum atomic E-state index is 0.718. The number of piperazine rings is 1. The molecule has 0 bridgehead atoms. The highest BCUT2D eigenvalue weighted by Gasteiger charge is 2.29. The molecule has 2 nitrogen and oxygen atoms in total. The molecule has 0 spiro atoms. The normalized spacial score (nSPS) is 36.5.